The number of nitrogens with two attached hydrogens (primary N) is 1. The van der Waals surface area contributed by atoms with E-state index in [2.05, 4.69) is 0 Å². The smallest absolute Gasteiger partial charge is 0.461 e. The Hall–Kier alpha value is -3.34. The summed E-state index contributed by atoms with van der Waals surface area (Å²) in [5.74, 6) is -1.26. The lowest BCUT2D eigenvalue weighted by Gasteiger charge is -2.20. The molecule has 0 fully saturated rings. The minimum absolute atomic E-state index is 0.0257. The van der Waals surface area contributed by atoms with E-state index in [9.17, 15) is 19.2 Å². The maximum atomic E-state index is 12.4. The molecule has 0 aromatic heterocycles. The van der Waals surface area contributed by atoms with Gasteiger partial charge in [-0.15, -0.1) is 0 Å². The molecule has 1 aromatic carbocycles. The van der Waals surface area contributed by atoms with Crippen LogP contribution in [0.2, 0.25) is 0 Å². The van der Waals surface area contributed by atoms with Crippen LogP contribution in [0.25, 0.3) is 0 Å². The lowest BCUT2D eigenvalue weighted by molar-refractivity contribution is -0.160. The molecule has 37 heavy (non-hydrogen) atoms. The summed E-state index contributed by atoms with van der Waals surface area (Å²) in [6.07, 6.45) is -1.12. The lowest BCUT2D eigenvalue weighted by atomic mass is 9.92. The highest BCUT2D eigenvalue weighted by molar-refractivity contribution is 5.76. The van der Waals surface area contributed by atoms with Crippen molar-refractivity contribution in [3.63, 3.8) is 0 Å². The molecule has 0 aliphatic heterocycles. The molecule has 11 nitrogen and oxygen atoms in total. The van der Waals surface area contributed by atoms with Crippen LogP contribution in [0.15, 0.2) is 18.2 Å². The number of hydrogen-bond acceptors (Lipinski definition) is 11. The van der Waals surface area contributed by atoms with Crippen LogP contribution in [0.5, 0.6) is 11.5 Å². The van der Waals surface area contributed by atoms with Crippen LogP contribution in [-0.4, -0.2) is 56.2 Å². The molecule has 2 atom stereocenters. The van der Waals surface area contributed by atoms with E-state index < -0.39 is 30.4 Å². The predicted molar refractivity (Wildman–Crippen MR) is 133 cm³/mol. The highest BCUT2D eigenvalue weighted by Crippen LogP contribution is 2.30. The molecule has 1 aromatic rings. The third-order valence-corrected chi connectivity index (χ3v) is 4.47. The number of carbonyl (C=O) groups excluding carboxylic acids is 4. The molecule has 11 heteroatoms. The monoisotopic (exact) mass is 525 g/mol. The molecule has 0 radical (unpaired) electrons. The van der Waals surface area contributed by atoms with Gasteiger partial charge in [-0.25, -0.2) is 9.59 Å². The second-order valence-electron chi connectivity index (χ2n) is 9.66. The topological polar surface area (TPSA) is 150 Å². The van der Waals surface area contributed by atoms with Gasteiger partial charge in [-0.2, -0.15) is 0 Å². The Labute approximate surface area is 217 Å². The number of rotatable bonds is 13. The zero-order chi connectivity index (χ0) is 28.0. The van der Waals surface area contributed by atoms with Crippen molar-refractivity contribution in [1.82, 2.24) is 0 Å². The second-order valence-corrected chi connectivity index (χ2v) is 9.66. The SMILES string of the molecule is CCCOC(=O)Oc1ccc(C[C@H](N)C(=O)OC[C@H](C)OC(=O)CC(C)(C)C)cc1OC(=O)OCCC. The number of benzene rings is 1. The van der Waals surface area contributed by atoms with Gasteiger partial charge in [-0.05, 0) is 49.3 Å². The first-order valence-corrected chi connectivity index (χ1v) is 12.3. The molecule has 0 unspecified atom stereocenters. The fourth-order valence-electron chi connectivity index (χ4n) is 2.83. The van der Waals surface area contributed by atoms with Crippen LogP contribution in [0.1, 0.15) is 66.4 Å². The van der Waals surface area contributed by atoms with Gasteiger partial charge in [0.05, 0.1) is 19.6 Å². The van der Waals surface area contributed by atoms with Crippen molar-refractivity contribution in [2.45, 2.75) is 79.4 Å². The third-order valence-electron chi connectivity index (χ3n) is 4.47. The average Bonchev–Trinajstić information content (AvgIpc) is 2.80. The fraction of sp³-hybridized carbons (Fsp3) is 0.615. The Morgan fingerprint density at radius 3 is 2.00 bits per heavy atom. The van der Waals surface area contributed by atoms with Crippen molar-refractivity contribution in [3.8, 4) is 11.5 Å². The highest BCUT2D eigenvalue weighted by Gasteiger charge is 2.22. The van der Waals surface area contributed by atoms with Gasteiger partial charge in [0, 0.05) is 0 Å². The van der Waals surface area contributed by atoms with Crippen LogP contribution in [0, 0.1) is 5.41 Å². The Morgan fingerprint density at radius 1 is 0.892 bits per heavy atom. The van der Waals surface area contributed by atoms with Crippen molar-refractivity contribution in [2.75, 3.05) is 19.8 Å². The maximum absolute atomic E-state index is 12.4. The fourth-order valence-corrected chi connectivity index (χ4v) is 2.83. The third kappa shape index (κ3) is 13.5. The van der Waals surface area contributed by atoms with E-state index in [1.807, 2.05) is 34.6 Å². The summed E-state index contributed by atoms with van der Waals surface area (Å²) in [6, 6.07) is 3.29. The number of carbonyl (C=O) groups is 4. The summed E-state index contributed by atoms with van der Waals surface area (Å²) in [5, 5.41) is 0. The molecule has 0 heterocycles. The molecular formula is C26H39NO10. The molecule has 208 valence electrons. The zero-order valence-corrected chi connectivity index (χ0v) is 22.5. The largest absolute Gasteiger partial charge is 0.513 e. The van der Waals surface area contributed by atoms with Gasteiger partial charge in [0.2, 0.25) is 0 Å². The van der Waals surface area contributed by atoms with Crippen molar-refractivity contribution in [2.24, 2.45) is 11.1 Å². The normalized spacial score (nSPS) is 12.6. The number of esters is 2. The Bertz CT molecular complexity index is 909. The van der Waals surface area contributed by atoms with E-state index >= 15 is 0 Å². The molecule has 0 saturated carbocycles. The van der Waals surface area contributed by atoms with E-state index in [-0.39, 0.29) is 55.5 Å². The van der Waals surface area contributed by atoms with Gasteiger partial charge in [0.25, 0.3) is 0 Å². The summed E-state index contributed by atoms with van der Waals surface area (Å²) >= 11 is 0. The van der Waals surface area contributed by atoms with E-state index in [0.717, 1.165) is 0 Å². The molecule has 0 bridgehead atoms. The second kappa shape index (κ2) is 15.7. The summed E-state index contributed by atoms with van der Waals surface area (Å²) in [5.41, 5.74) is 6.27. The van der Waals surface area contributed by atoms with Crippen LogP contribution in [0.4, 0.5) is 9.59 Å². The number of hydrogen-bond donors (Lipinski definition) is 1. The van der Waals surface area contributed by atoms with E-state index in [1.165, 1.54) is 12.1 Å². The van der Waals surface area contributed by atoms with Crippen molar-refractivity contribution in [1.29, 1.82) is 0 Å². The summed E-state index contributed by atoms with van der Waals surface area (Å²) in [4.78, 5) is 48.2. The summed E-state index contributed by atoms with van der Waals surface area (Å²) in [7, 11) is 0. The molecule has 0 spiro atoms. The minimum atomic E-state index is -1.06. The molecule has 1 rings (SSSR count). The van der Waals surface area contributed by atoms with Gasteiger partial charge in [-0.1, -0.05) is 40.7 Å². The van der Waals surface area contributed by atoms with E-state index in [1.54, 1.807) is 13.0 Å². The summed E-state index contributed by atoms with van der Waals surface area (Å²) < 4.78 is 30.6. The predicted octanol–water partition coefficient (Wildman–Crippen LogP) is 4.32. The maximum Gasteiger partial charge on any atom is 0.513 e. The first-order chi connectivity index (χ1) is 17.3. The first-order valence-electron chi connectivity index (χ1n) is 12.3. The lowest BCUT2D eigenvalue weighted by Crippen LogP contribution is -2.36. The molecule has 0 aliphatic rings. The van der Waals surface area contributed by atoms with Gasteiger partial charge in [-0.3, -0.25) is 9.59 Å². The first kappa shape index (κ1) is 31.7. The highest BCUT2D eigenvalue weighted by atomic mass is 16.7. The molecule has 0 amide bonds. The average molecular weight is 526 g/mol. The quantitative estimate of drug-likeness (QED) is 0.223. The van der Waals surface area contributed by atoms with Crippen molar-refractivity contribution >= 4 is 24.2 Å². The molecule has 0 aliphatic carbocycles. The van der Waals surface area contributed by atoms with Gasteiger partial charge < -0.3 is 34.2 Å². The number of ether oxygens (including phenoxy) is 6. The van der Waals surface area contributed by atoms with Crippen molar-refractivity contribution in [3.05, 3.63) is 23.8 Å². The summed E-state index contributed by atoms with van der Waals surface area (Å²) in [6.45, 7) is 11.2. The molecular weight excluding hydrogens is 486 g/mol. The van der Waals surface area contributed by atoms with Crippen LogP contribution in [0.3, 0.4) is 0 Å². The van der Waals surface area contributed by atoms with Crippen molar-refractivity contribution < 1.29 is 47.6 Å². The molecule has 0 saturated heterocycles. The van der Waals surface area contributed by atoms with Crippen LogP contribution >= 0.6 is 0 Å². The molecule has 2 N–H and O–H groups in total. The Balaban J connectivity index is 2.80. The van der Waals surface area contributed by atoms with Gasteiger partial charge in [0.15, 0.2) is 11.5 Å². The van der Waals surface area contributed by atoms with E-state index in [4.69, 9.17) is 34.2 Å². The van der Waals surface area contributed by atoms with Crippen LogP contribution in [-0.2, 0) is 35.0 Å². The Morgan fingerprint density at radius 2 is 1.46 bits per heavy atom. The minimum Gasteiger partial charge on any atom is -0.461 e. The van der Waals surface area contributed by atoms with Gasteiger partial charge >= 0.3 is 24.2 Å². The standard InChI is InChI=1S/C26H39NO10/c1-7-11-32-24(30)36-20-10-9-18(14-21(20)37-25(31)33-12-8-2)13-19(27)23(29)34-16-17(3)35-22(28)15-26(4,5)6/h9-10,14,17,19H,7-8,11-13,15-16,27H2,1-6H3/t17-,19-/m0/s1. The van der Waals surface area contributed by atoms with E-state index in [0.29, 0.717) is 18.4 Å². The van der Waals surface area contributed by atoms with Gasteiger partial charge in [0.1, 0.15) is 18.8 Å². The Kier molecular flexibility index (Phi) is 13.4. The zero-order valence-electron chi connectivity index (χ0n) is 22.5. The van der Waals surface area contributed by atoms with Crippen LogP contribution < -0.4 is 15.2 Å².